The number of carbonyl (C=O) groups is 4. The predicted molar refractivity (Wildman–Crippen MR) is 182 cm³/mol. The Hall–Kier alpha value is -3.96. The number of hydrogen-bond donors (Lipinski definition) is 2. The number of fused-ring (bicyclic) bond motifs is 2. The number of halogens is 2. The summed E-state index contributed by atoms with van der Waals surface area (Å²) >= 11 is 4.41. The third-order valence-electron chi connectivity index (χ3n) is 6.42. The van der Waals surface area contributed by atoms with E-state index >= 15 is 0 Å². The van der Waals surface area contributed by atoms with Gasteiger partial charge < -0.3 is 14.6 Å². The molecule has 11 nitrogen and oxygen atoms in total. The first kappa shape index (κ1) is 33.9. The van der Waals surface area contributed by atoms with Gasteiger partial charge in [0.15, 0.2) is 0 Å². The Bertz CT molecular complexity index is 1680. The van der Waals surface area contributed by atoms with E-state index in [9.17, 15) is 19.2 Å². The molecule has 2 aromatic heterocycles. The lowest BCUT2D eigenvalue weighted by Gasteiger charge is -2.14. The van der Waals surface area contributed by atoms with Crippen LogP contribution in [0.25, 0.3) is 0 Å². The quantitative estimate of drug-likeness (QED) is 0.201. The van der Waals surface area contributed by atoms with Gasteiger partial charge in [0.1, 0.15) is 13.2 Å². The van der Waals surface area contributed by atoms with Gasteiger partial charge in [0.25, 0.3) is 23.6 Å². The number of aliphatic hydroxyl groups excluding tert-OH is 1. The molecular weight excluding hydrogens is 806 g/mol. The van der Waals surface area contributed by atoms with Crippen LogP contribution in [-0.2, 0) is 0 Å². The number of nitrogens with zero attached hydrogens (tertiary/aromatic N) is 3. The summed E-state index contributed by atoms with van der Waals surface area (Å²) in [6.07, 6.45) is 0. The van der Waals surface area contributed by atoms with Gasteiger partial charge in [-0.15, -0.1) is 0 Å². The number of carbonyl (C=O) groups excluding carboxylic acids is 4. The van der Waals surface area contributed by atoms with Crippen molar-refractivity contribution in [1.29, 1.82) is 0 Å². The predicted octanol–water partition coefficient (Wildman–Crippen LogP) is 4.61. The van der Waals surface area contributed by atoms with Crippen molar-refractivity contribution in [2.75, 3.05) is 26.4 Å². The lowest BCUT2D eigenvalue weighted by atomic mass is 10.1. The lowest BCUT2D eigenvalue weighted by molar-refractivity contribution is 0.0629. The maximum atomic E-state index is 12.2. The fourth-order valence-corrected chi connectivity index (χ4v) is 4.75. The minimum Gasteiger partial charge on any atom is -0.476 e. The van der Waals surface area contributed by atoms with Gasteiger partial charge in [-0.05, 0) is 95.4 Å². The highest BCUT2D eigenvalue weighted by atomic mass is 127. The van der Waals surface area contributed by atoms with E-state index in [2.05, 4.69) is 60.5 Å². The number of benzene rings is 2. The summed E-state index contributed by atoms with van der Waals surface area (Å²) in [5.74, 6) is -0.0698. The largest absolute Gasteiger partial charge is 0.476 e. The molecule has 4 heterocycles. The first-order chi connectivity index (χ1) is 21.6. The van der Waals surface area contributed by atoms with Crippen molar-refractivity contribution < 1.29 is 33.8 Å². The minimum absolute atomic E-state index is 0.0205. The van der Waals surface area contributed by atoms with Crippen molar-refractivity contribution >= 4 is 68.8 Å². The Balaban J connectivity index is 0.000000169. The molecule has 2 N–H and O–H groups in total. The first-order valence-corrected chi connectivity index (χ1v) is 15.8. The topological polar surface area (TPSA) is 148 Å². The van der Waals surface area contributed by atoms with Crippen molar-refractivity contribution in [3.05, 3.63) is 114 Å². The van der Waals surface area contributed by atoms with E-state index < -0.39 is 0 Å². The van der Waals surface area contributed by atoms with Gasteiger partial charge in [-0.3, -0.25) is 29.4 Å². The summed E-state index contributed by atoms with van der Waals surface area (Å²) in [5, 5.41) is 10.7. The van der Waals surface area contributed by atoms with Crippen molar-refractivity contribution in [2.24, 2.45) is 0 Å². The van der Waals surface area contributed by atoms with Crippen molar-refractivity contribution in [3.63, 3.8) is 0 Å². The average Bonchev–Trinajstić information content (AvgIpc) is 3.47. The number of pyridine rings is 2. The van der Waals surface area contributed by atoms with Gasteiger partial charge in [-0.25, -0.2) is 9.97 Å². The number of ether oxygens (including phenoxy) is 2. The Morgan fingerprint density at radius 3 is 1.51 bits per heavy atom. The van der Waals surface area contributed by atoms with E-state index in [0.717, 1.165) is 18.5 Å². The summed E-state index contributed by atoms with van der Waals surface area (Å²) in [4.78, 5) is 55.9. The van der Waals surface area contributed by atoms with Crippen molar-refractivity contribution in [1.82, 2.24) is 20.2 Å². The van der Waals surface area contributed by atoms with E-state index in [4.69, 9.17) is 14.6 Å². The molecule has 0 saturated carbocycles. The van der Waals surface area contributed by atoms with Crippen LogP contribution in [0.2, 0.25) is 0 Å². The van der Waals surface area contributed by atoms with E-state index in [1.807, 2.05) is 26.0 Å². The number of amides is 4. The van der Waals surface area contributed by atoms with Crippen LogP contribution < -0.4 is 14.8 Å². The smallest absolute Gasteiger partial charge is 0.261 e. The molecule has 232 valence electrons. The molecule has 0 saturated heterocycles. The van der Waals surface area contributed by atoms with E-state index in [-0.39, 0.29) is 43.4 Å². The molecule has 2 aliphatic heterocycles. The second-order valence-electron chi connectivity index (χ2n) is 9.49. The number of hydrogen-bond acceptors (Lipinski definition) is 9. The normalized spacial score (nSPS) is 12.8. The molecule has 13 heteroatoms. The van der Waals surface area contributed by atoms with Gasteiger partial charge in [-0.1, -0.05) is 24.3 Å². The van der Waals surface area contributed by atoms with Crippen LogP contribution in [0.5, 0.6) is 11.8 Å². The van der Waals surface area contributed by atoms with E-state index in [1.165, 1.54) is 4.90 Å². The highest BCUT2D eigenvalue weighted by molar-refractivity contribution is 14.1. The molecule has 4 amide bonds. The Labute approximate surface area is 286 Å². The zero-order valence-corrected chi connectivity index (χ0v) is 28.6. The summed E-state index contributed by atoms with van der Waals surface area (Å²) in [6.45, 7) is 4.57. The fraction of sp³-hybridized carbons (Fsp3) is 0.188. The molecule has 2 aliphatic rings. The Morgan fingerprint density at radius 2 is 1.09 bits per heavy atom. The molecule has 0 aliphatic carbocycles. The van der Waals surface area contributed by atoms with Crippen LogP contribution in [0.3, 0.4) is 0 Å². The lowest BCUT2D eigenvalue weighted by Crippen LogP contribution is -2.33. The molecule has 6 rings (SSSR count). The highest BCUT2D eigenvalue weighted by Crippen LogP contribution is 2.22. The molecular formula is C32H28I2N4O7. The van der Waals surface area contributed by atoms with Crippen LogP contribution >= 0.6 is 45.2 Å². The second-order valence-corrected chi connectivity index (χ2v) is 11.8. The van der Waals surface area contributed by atoms with Gasteiger partial charge in [0.05, 0.1) is 46.8 Å². The third kappa shape index (κ3) is 8.61. The van der Waals surface area contributed by atoms with Gasteiger partial charge in [0.2, 0.25) is 11.8 Å². The fourth-order valence-electron chi connectivity index (χ4n) is 4.15. The molecule has 0 fully saturated rings. The van der Waals surface area contributed by atoms with Crippen LogP contribution in [0, 0.1) is 21.0 Å². The van der Waals surface area contributed by atoms with Gasteiger partial charge in [-0.2, -0.15) is 0 Å². The number of nitrogens with one attached hydrogen (secondary N) is 1. The van der Waals surface area contributed by atoms with Crippen LogP contribution in [0.15, 0.2) is 72.8 Å². The third-order valence-corrected chi connectivity index (χ3v) is 8.70. The van der Waals surface area contributed by atoms with Gasteiger partial charge >= 0.3 is 0 Å². The van der Waals surface area contributed by atoms with E-state index in [1.54, 1.807) is 60.7 Å². The molecule has 0 spiro atoms. The molecule has 0 radical (unpaired) electrons. The molecule has 4 aromatic rings. The van der Waals surface area contributed by atoms with Crippen molar-refractivity contribution in [2.45, 2.75) is 13.8 Å². The number of aliphatic hydroxyl groups is 1. The zero-order valence-electron chi connectivity index (χ0n) is 24.3. The van der Waals surface area contributed by atoms with Gasteiger partial charge in [0, 0.05) is 19.3 Å². The number of rotatable bonds is 7. The van der Waals surface area contributed by atoms with Crippen molar-refractivity contribution in [3.8, 4) is 11.8 Å². The molecule has 0 atom stereocenters. The summed E-state index contributed by atoms with van der Waals surface area (Å²) in [7, 11) is 0. The second kappa shape index (κ2) is 15.9. The zero-order chi connectivity index (χ0) is 32.5. The Morgan fingerprint density at radius 1 is 0.667 bits per heavy atom. The molecule has 45 heavy (non-hydrogen) atoms. The van der Waals surface area contributed by atoms with E-state index in [0.29, 0.717) is 40.6 Å². The summed E-state index contributed by atoms with van der Waals surface area (Å²) in [5.41, 5.74) is 3.69. The van der Waals surface area contributed by atoms with Crippen LogP contribution in [0.4, 0.5) is 0 Å². The molecule has 2 aromatic carbocycles. The maximum Gasteiger partial charge on any atom is 0.261 e. The summed E-state index contributed by atoms with van der Waals surface area (Å²) in [6, 6.07) is 21.0. The average molecular weight is 834 g/mol. The SMILES string of the molecule is Cc1nc(OCCN2C(=O)c3ccccc3C2=O)ccc1I.Cc1nc(OCCO)ccc1I.O=C1NC(=O)c2ccccc21. The minimum atomic E-state index is -0.300. The summed E-state index contributed by atoms with van der Waals surface area (Å²) < 4.78 is 12.8. The van der Waals surface area contributed by atoms with Crippen LogP contribution in [-0.4, -0.2) is 70.0 Å². The number of aryl methyl sites for hydroxylation is 2. The molecule has 0 unspecified atom stereocenters. The monoisotopic (exact) mass is 834 g/mol. The number of aromatic nitrogens is 2. The standard InChI is InChI=1S/C16H13IN2O3.C8H10INO2.C8H5NO2/c1-10-13(17)6-7-14(18-10)22-9-8-19-15(20)11-4-2-3-5-12(11)16(19)21;1-6-7(9)2-3-8(10-6)12-5-4-11;10-7-5-3-1-2-4-6(5)8(11)9-7/h2-7H,8-9H2,1H3;2-3,11H,4-5H2,1H3;1-4H,(H,9,10,11). The first-order valence-electron chi connectivity index (χ1n) is 13.6. The molecule has 0 bridgehead atoms. The Kier molecular flexibility index (Phi) is 12.0. The number of imide groups is 2. The maximum absolute atomic E-state index is 12.2. The van der Waals surface area contributed by atoms with Crippen LogP contribution in [0.1, 0.15) is 52.8 Å². The highest BCUT2D eigenvalue weighted by Gasteiger charge is 2.34.